The number of aromatic nitrogens is 1. The lowest BCUT2D eigenvalue weighted by Crippen LogP contribution is -2.17. The molecule has 1 aliphatic rings. The number of aliphatic carboxylic acids is 1. The highest BCUT2D eigenvalue weighted by atomic mass is 19.4. The summed E-state index contributed by atoms with van der Waals surface area (Å²) < 4.78 is 46.0. The van der Waals surface area contributed by atoms with E-state index in [1.807, 2.05) is 0 Å². The Morgan fingerprint density at radius 3 is 2.50 bits per heavy atom. The summed E-state index contributed by atoms with van der Waals surface area (Å²) in [7, 11) is 0. The third-order valence-electron chi connectivity index (χ3n) is 3.76. The molecule has 148 valence electrons. The Hall–Kier alpha value is -3.30. The van der Waals surface area contributed by atoms with Crippen molar-refractivity contribution in [2.75, 3.05) is 0 Å². The van der Waals surface area contributed by atoms with Crippen molar-refractivity contribution in [3.05, 3.63) is 53.9 Å². The molecule has 2 heterocycles. The minimum Gasteiger partial charge on any atom is -0.481 e. The van der Waals surface area contributed by atoms with E-state index in [2.05, 4.69) is 14.9 Å². The molecular weight excluding hydrogens is 381 g/mol. The molecule has 7 nitrogen and oxygen atoms in total. The maximum atomic E-state index is 12.2. The van der Waals surface area contributed by atoms with Gasteiger partial charge in [0.25, 0.3) is 0 Å². The average molecular weight is 396 g/mol. The van der Waals surface area contributed by atoms with Crippen LogP contribution in [0.15, 0.2) is 47.8 Å². The van der Waals surface area contributed by atoms with E-state index < -0.39 is 18.4 Å². The number of halogens is 3. The summed E-state index contributed by atoms with van der Waals surface area (Å²) in [4.78, 5) is 19.9. The fraction of sp³-hybridized carbons (Fsp3) is 0.278. The van der Waals surface area contributed by atoms with Crippen LogP contribution in [0.25, 0.3) is 0 Å². The number of pyridine rings is 1. The summed E-state index contributed by atoms with van der Waals surface area (Å²) in [6.07, 6.45) is -3.18. The normalized spacial score (nSPS) is 16.2. The van der Waals surface area contributed by atoms with Gasteiger partial charge in [0, 0.05) is 12.1 Å². The molecule has 0 saturated carbocycles. The van der Waals surface area contributed by atoms with Gasteiger partial charge in [0.2, 0.25) is 5.90 Å². The largest absolute Gasteiger partial charge is 0.573 e. The number of hydrogen-bond donors (Lipinski definition) is 1. The lowest BCUT2D eigenvalue weighted by molar-refractivity contribution is -0.274. The monoisotopic (exact) mass is 396 g/mol. The zero-order valence-electron chi connectivity index (χ0n) is 14.3. The van der Waals surface area contributed by atoms with Crippen molar-refractivity contribution in [1.29, 1.82) is 0 Å². The number of oxime groups is 1. The summed E-state index contributed by atoms with van der Waals surface area (Å²) in [6, 6.07) is 8.62. The van der Waals surface area contributed by atoms with Gasteiger partial charge in [0.1, 0.15) is 11.5 Å². The van der Waals surface area contributed by atoms with Gasteiger partial charge in [-0.15, -0.1) is 13.2 Å². The average Bonchev–Trinajstić information content (AvgIpc) is 3.09. The SMILES string of the molecule is O=C(O)CCc1ccc(OC2=NO[C@@H](c3ccc(OC(F)(F)F)cc3)C2)cn1. The van der Waals surface area contributed by atoms with Crippen molar-refractivity contribution in [2.45, 2.75) is 31.7 Å². The first-order chi connectivity index (χ1) is 13.3. The number of carboxylic acid groups (broad SMARTS) is 1. The van der Waals surface area contributed by atoms with E-state index in [9.17, 15) is 18.0 Å². The van der Waals surface area contributed by atoms with Crippen LogP contribution in [-0.4, -0.2) is 28.3 Å². The molecule has 28 heavy (non-hydrogen) atoms. The number of hydrogen-bond acceptors (Lipinski definition) is 6. The molecule has 1 aliphatic heterocycles. The van der Waals surface area contributed by atoms with Crippen molar-refractivity contribution >= 4 is 11.9 Å². The number of carbonyl (C=O) groups is 1. The van der Waals surface area contributed by atoms with Gasteiger partial charge in [-0.3, -0.25) is 9.78 Å². The molecule has 0 amide bonds. The van der Waals surface area contributed by atoms with Crippen molar-refractivity contribution in [1.82, 2.24) is 4.98 Å². The van der Waals surface area contributed by atoms with Crippen molar-refractivity contribution in [3.63, 3.8) is 0 Å². The minimum absolute atomic E-state index is 0.0117. The van der Waals surface area contributed by atoms with Gasteiger partial charge in [-0.2, -0.15) is 0 Å². The highest BCUT2D eigenvalue weighted by Gasteiger charge is 2.31. The molecule has 0 unspecified atom stereocenters. The Bertz CT molecular complexity index is 851. The second-order valence-electron chi connectivity index (χ2n) is 5.88. The minimum atomic E-state index is -4.74. The molecule has 3 rings (SSSR count). The molecular formula is C18H15F3N2O5. The number of carboxylic acids is 1. The van der Waals surface area contributed by atoms with Gasteiger partial charge in [-0.1, -0.05) is 17.3 Å². The lowest BCUT2D eigenvalue weighted by Gasteiger charge is -2.11. The Morgan fingerprint density at radius 1 is 1.18 bits per heavy atom. The highest BCUT2D eigenvalue weighted by molar-refractivity contribution is 5.79. The summed E-state index contributed by atoms with van der Waals surface area (Å²) in [5, 5.41) is 12.5. The van der Waals surface area contributed by atoms with E-state index in [4.69, 9.17) is 14.7 Å². The molecule has 1 aromatic carbocycles. The van der Waals surface area contributed by atoms with Crippen LogP contribution in [0.1, 0.15) is 30.2 Å². The van der Waals surface area contributed by atoms with E-state index in [0.717, 1.165) is 0 Å². The Kier molecular flexibility index (Phi) is 5.67. The highest BCUT2D eigenvalue weighted by Crippen LogP contribution is 2.30. The summed E-state index contributed by atoms with van der Waals surface area (Å²) in [5.74, 6) is -0.513. The van der Waals surface area contributed by atoms with Crippen LogP contribution in [0, 0.1) is 0 Å². The predicted molar refractivity (Wildman–Crippen MR) is 89.8 cm³/mol. The second kappa shape index (κ2) is 8.15. The number of nitrogens with zero attached hydrogens (tertiary/aromatic N) is 2. The van der Waals surface area contributed by atoms with Gasteiger partial charge in [-0.05, 0) is 29.8 Å². The van der Waals surface area contributed by atoms with Gasteiger partial charge in [0.15, 0.2) is 6.10 Å². The van der Waals surface area contributed by atoms with E-state index in [1.54, 1.807) is 12.1 Å². The molecule has 0 saturated heterocycles. The van der Waals surface area contributed by atoms with E-state index in [-0.39, 0.29) is 12.2 Å². The van der Waals surface area contributed by atoms with Crippen LogP contribution in [0.4, 0.5) is 13.2 Å². The van der Waals surface area contributed by atoms with Crippen molar-refractivity contribution in [3.8, 4) is 11.5 Å². The van der Waals surface area contributed by atoms with Crippen LogP contribution in [0.5, 0.6) is 11.5 Å². The molecule has 0 fully saturated rings. The van der Waals surface area contributed by atoms with E-state index >= 15 is 0 Å². The zero-order valence-corrected chi connectivity index (χ0v) is 14.3. The molecule has 10 heteroatoms. The van der Waals surface area contributed by atoms with Gasteiger partial charge in [0.05, 0.1) is 19.0 Å². The fourth-order valence-electron chi connectivity index (χ4n) is 2.47. The molecule has 0 spiro atoms. The first kappa shape index (κ1) is 19.5. The number of ether oxygens (including phenoxy) is 2. The molecule has 0 radical (unpaired) electrons. The van der Waals surface area contributed by atoms with Gasteiger partial charge in [-0.25, -0.2) is 0 Å². The maximum absolute atomic E-state index is 12.2. The summed E-state index contributed by atoms with van der Waals surface area (Å²) in [6.45, 7) is 0. The smallest absolute Gasteiger partial charge is 0.481 e. The van der Waals surface area contributed by atoms with Crippen LogP contribution >= 0.6 is 0 Å². The Labute approximate surface area is 157 Å². The number of rotatable bonds is 6. The van der Waals surface area contributed by atoms with E-state index in [0.29, 0.717) is 35.7 Å². The van der Waals surface area contributed by atoms with Gasteiger partial charge >= 0.3 is 12.3 Å². The molecule has 0 aliphatic carbocycles. The second-order valence-corrected chi connectivity index (χ2v) is 5.88. The zero-order chi connectivity index (χ0) is 20.1. The Morgan fingerprint density at radius 2 is 1.89 bits per heavy atom. The molecule has 0 bridgehead atoms. The third kappa shape index (κ3) is 5.60. The summed E-state index contributed by atoms with van der Waals surface area (Å²) >= 11 is 0. The standard InChI is InChI=1S/C18H15F3N2O5/c19-18(20,21)27-13-5-1-11(2-6-13)15-9-16(23-28-15)26-14-7-3-12(22-10-14)4-8-17(24)25/h1-3,5-7,10,15H,4,8-9H2,(H,24,25)/t15-/m1/s1. The Balaban J connectivity index is 1.53. The van der Waals surface area contributed by atoms with Crippen LogP contribution < -0.4 is 9.47 Å². The maximum Gasteiger partial charge on any atom is 0.573 e. The third-order valence-corrected chi connectivity index (χ3v) is 3.76. The quantitative estimate of drug-likeness (QED) is 0.798. The summed E-state index contributed by atoms with van der Waals surface area (Å²) in [5.41, 5.74) is 1.25. The predicted octanol–water partition coefficient (Wildman–Crippen LogP) is 3.85. The van der Waals surface area contributed by atoms with E-state index in [1.165, 1.54) is 30.5 Å². The fourth-order valence-corrected chi connectivity index (χ4v) is 2.47. The van der Waals surface area contributed by atoms with Crippen LogP contribution in [0.3, 0.4) is 0 Å². The van der Waals surface area contributed by atoms with Crippen LogP contribution in [-0.2, 0) is 16.1 Å². The van der Waals surface area contributed by atoms with Crippen molar-refractivity contribution < 1.29 is 37.4 Å². The lowest BCUT2D eigenvalue weighted by atomic mass is 10.1. The molecule has 1 atom stereocenters. The first-order valence-corrected chi connectivity index (χ1v) is 8.21. The topological polar surface area (TPSA) is 90.2 Å². The first-order valence-electron chi connectivity index (χ1n) is 8.21. The molecule has 1 N–H and O–H groups in total. The van der Waals surface area contributed by atoms with Crippen LogP contribution in [0.2, 0.25) is 0 Å². The number of alkyl halides is 3. The number of aryl methyl sites for hydroxylation is 1. The number of benzene rings is 1. The molecule has 2 aromatic rings. The molecule has 1 aromatic heterocycles. The van der Waals surface area contributed by atoms with Gasteiger partial charge < -0.3 is 19.4 Å². The van der Waals surface area contributed by atoms with Crippen molar-refractivity contribution in [2.24, 2.45) is 5.16 Å².